The predicted molar refractivity (Wildman–Crippen MR) is 64.4 cm³/mol. The summed E-state index contributed by atoms with van der Waals surface area (Å²) in [4.78, 5) is 3.83. The number of hydrogen-bond donors (Lipinski definition) is 2. The van der Waals surface area contributed by atoms with Crippen molar-refractivity contribution in [3.05, 3.63) is 18.3 Å². The molecule has 0 amide bonds. The Morgan fingerprint density at radius 2 is 2.33 bits per heavy atom. The van der Waals surface area contributed by atoms with Crippen molar-refractivity contribution in [3.8, 4) is 0 Å². The molecule has 0 bridgehead atoms. The van der Waals surface area contributed by atoms with Crippen LogP contribution in [-0.4, -0.2) is 45.9 Å². The van der Waals surface area contributed by atoms with Gasteiger partial charge in [-0.05, 0) is 6.07 Å². The fraction of sp³-hybridized carbons (Fsp3) is 0.500. The molecule has 1 fully saturated rings. The summed E-state index contributed by atoms with van der Waals surface area (Å²) >= 11 is 0. The molecular weight excluding hydrogens is 258 g/mol. The third kappa shape index (κ3) is 3.39. The maximum atomic E-state index is 11.9. The number of hydrogen-bond acceptors (Lipinski definition) is 6. The van der Waals surface area contributed by atoms with Crippen LogP contribution in [-0.2, 0) is 19.5 Å². The lowest BCUT2D eigenvalue weighted by Gasteiger charge is -2.23. The highest BCUT2D eigenvalue weighted by molar-refractivity contribution is 7.89. The van der Waals surface area contributed by atoms with E-state index in [1.807, 2.05) is 0 Å². The van der Waals surface area contributed by atoms with Crippen LogP contribution in [0.5, 0.6) is 0 Å². The number of nitrogens with one attached hydrogen (secondary N) is 1. The van der Waals surface area contributed by atoms with E-state index in [4.69, 9.17) is 15.2 Å². The highest BCUT2D eigenvalue weighted by Crippen LogP contribution is 2.10. The van der Waals surface area contributed by atoms with E-state index in [-0.39, 0.29) is 23.4 Å². The summed E-state index contributed by atoms with van der Waals surface area (Å²) in [5.41, 5.74) is 5.45. The maximum Gasteiger partial charge on any atom is 0.240 e. The third-order valence-corrected chi connectivity index (χ3v) is 3.87. The number of rotatable bonds is 4. The lowest BCUT2D eigenvalue weighted by Crippen LogP contribution is -2.39. The second-order valence-corrected chi connectivity index (χ2v) is 5.60. The van der Waals surface area contributed by atoms with Gasteiger partial charge in [0.05, 0.1) is 30.8 Å². The predicted octanol–water partition coefficient (Wildman–Crippen LogP) is -0.642. The van der Waals surface area contributed by atoms with Gasteiger partial charge in [0.15, 0.2) is 0 Å². The Morgan fingerprint density at radius 1 is 1.50 bits per heavy atom. The molecular formula is C10H15N3O4S. The summed E-state index contributed by atoms with van der Waals surface area (Å²) in [5, 5.41) is 0. The van der Waals surface area contributed by atoms with E-state index >= 15 is 0 Å². The molecule has 1 saturated heterocycles. The average Bonchev–Trinajstić information content (AvgIpc) is 2.38. The van der Waals surface area contributed by atoms with Gasteiger partial charge in [-0.25, -0.2) is 18.1 Å². The van der Waals surface area contributed by atoms with Crippen LogP contribution in [0.3, 0.4) is 0 Å². The van der Waals surface area contributed by atoms with Crippen LogP contribution in [0.4, 0.5) is 5.82 Å². The highest BCUT2D eigenvalue weighted by Gasteiger charge is 2.19. The van der Waals surface area contributed by atoms with E-state index in [1.165, 1.54) is 18.3 Å². The van der Waals surface area contributed by atoms with Crippen LogP contribution < -0.4 is 10.5 Å². The second kappa shape index (κ2) is 5.61. The first-order valence-corrected chi connectivity index (χ1v) is 6.97. The molecule has 1 aliphatic rings. The topological polar surface area (TPSA) is 104 Å². The molecule has 0 spiro atoms. The van der Waals surface area contributed by atoms with Gasteiger partial charge < -0.3 is 15.2 Å². The summed E-state index contributed by atoms with van der Waals surface area (Å²) in [6.07, 6.45) is 1.09. The van der Waals surface area contributed by atoms with Gasteiger partial charge in [-0.1, -0.05) is 0 Å². The lowest BCUT2D eigenvalue weighted by atomic mass is 10.3. The zero-order valence-corrected chi connectivity index (χ0v) is 10.5. The summed E-state index contributed by atoms with van der Waals surface area (Å²) in [7, 11) is -3.59. The van der Waals surface area contributed by atoms with E-state index in [0.717, 1.165) is 0 Å². The van der Waals surface area contributed by atoms with E-state index < -0.39 is 10.0 Å². The minimum Gasteiger partial charge on any atom is -0.384 e. The zero-order chi connectivity index (χ0) is 13.0. The first-order chi connectivity index (χ1) is 8.58. The smallest absolute Gasteiger partial charge is 0.240 e. The van der Waals surface area contributed by atoms with Crippen LogP contribution in [0.25, 0.3) is 0 Å². The second-order valence-electron chi connectivity index (χ2n) is 3.84. The molecule has 1 aromatic heterocycles. The number of aromatic nitrogens is 1. The monoisotopic (exact) mass is 273 g/mol. The quantitative estimate of drug-likeness (QED) is 0.756. The Balaban J connectivity index is 1.98. The largest absolute Gasteiger partial charge is 0.384 e. The fourth-order valence-electron chi connectivity index (χ4n) is 1.54. The van der Waals surface area contributed by atoms with Crippen LogP contribution in [0.1, 0.15) is 0 Å². The summed E-state index contributed by atoms with van der Waals surface area (Å²) in [5.74, 6) is 0.162. The molecule has 0 radical (unpaired) electrons. The molecule has 7 nitrogen and oxygen atoms in total. The number of nitrogen functional groups attached to an aromatic ring is 1. The molecule has 1 unspecified atom stereocenters. The third-order valence-electron chi connectivity index (χ3n) is 2.45. The first kappa shape index (κ1) is 13.2. The first-order valence-electron chi connectivity index (χ1n) is 5.48. The molecule has 0 aromatic carbocycles. The number of pyridine rings is 1. The molecule has 100 valence electrons. The van der Waals surface area contributed by atoms with E-state index in [9.17, 15) is 8.42 Å². The van der Waals surface area contributed by atoms with Crippen LogP contribution in [0, 0.1) is 0 Å². The van der Waals surface area contributed by atoms with Gasteiger partial charge >= 0.3 is 0 Å². The molecule has 0 saturated carbocycles. The number of anilines is 1. The van der Waals surface area contributed by atoms with Gasteiger partial charge in [0, 0.05) is 18.8 Å². The van der Waals surface area contributed by atoms with E-state index in [1.54, 1.807) is 0 Å². The van der Waals surface area contributed by atoms with Crippen molar-refractivity contribution in [1.82, 2.24) is 9.71 Å². The normalized spacial score (nSPS) is 20.8. The Morgan fingerprint density at radius 3 is 3.00 bits per heavy atom. The lowest BCUT2D eigenvalue weighted by molar-refractivity contribution is -0.0846. The molecule has 2 heterocycles. The molecule has 1 aliphatic heterocycles. The number of nitrogens with zero attached hydrogens (tertiary/aromatic N) is 1. The van der Waals surface area contributed by atoms with E-state index in [0.29, 0.717) is 19.8 Å². The van der Waals surface area contributed by atoms with Crippen molar-refractivity contribution in [3.63, 3.8) is 0 Å². The SMILES string of the molecule is Nc1cc(S(=O)(=O)NCC2COCCO2)ccn1. The molecule has 1 aromatic rings. The summed E-state index contributed by atoms with van der Waals surface area (Å²) < 4.78 is 36.9. The Hall–Kier alpha value is -1.22. The van der Waals surface area contributed by atoms with Gasteiger partial charge in [0.25, 0.3) is 0 Å². The van der Waals surface area contributed by atoms with Crippen molar-refractivity contribution in [2.45, 2.75) is 11.0 Å². The molecule has 18 heavy (non-hydrogen) atoms. The minimum absolute atomic E-state index is 0.0896. The number of ether oxygens (including phenoxy) is 2. The number of nitrogens with two attached hydrogens (primary N) is 1. The van der Waals surface area contributed by atoms with Gasteiger partial charge in [-0.3, -0.25) is 0 Å². The van der Waals surface area contributed by atoms with Crippen molar-refractivity contribution < 1.29 is 17.9 Å². The molecule has 2 rings (SSSR count). The number of sulfonamides is 1. The highest BCUT2D eigenvalue weighted by atomic mass is 32.2. The Kier molecular flexibility index (Phi) is 4.12. The fourth-order valence-corrected chi connectivity index (χ4v) is 2.62. The molecule has 1 atom stereocenters. The summed E-state index contributed by atoms with van der Waals surface area (Å²) in [6.45, 7) is 1.59. The van der Waals surface area contributed by atoms with Gasteiger partial charge in [0.2, 0.25) is 10.0 Å². The van der Waals surface area contributed by atoms with Gasteiger partial charge in [0.1, 0.15) is 5.82 Å². The molecule has 8 heteroatoms. The van der Waals surface area contributed by atoms with E-state index in [2.05, 4.69) is 9.71 Å². The van der Waals surface area contributed by atoms with Crippen molar-refractivity contribution >= 4 is 15.8 Å². The zero-order valence-electron chi connectivity index (χ0n) is 9.70. The van der Waals surface area contributed by atoms with Crippen molar-refractivity contribution in [1.29, 1.82) is 0 Å². The van der Waals surface area contributed by atoms with Gasteiger partial charge in [-0.2, -0.15) is 0 Å². The minimum atomic E-state index is -3.59. The summed E-state index contributed by atoms with van der Waals surface area (Å²) in [6, 6.07) is 2.69. The molecule has 0 aliphatic carbocycles. The Labute approximate surface area is 105 Å². The van der Waals surface area contributed by atoms with Gasteiger partial charge in [-0.15, -0.1) is 0 Å². The van der Waals surface area contributed by atoms with Crippen LogP contribution in [0.15, 0.2) is 23.2 Å². The van der Waals surface area contributed by atoms with Crippen molar-refractivity contribution in [2.24, 2.45) is 0 Å². The molecule has 3 N–H and O–H groups in total. The average molecular weight is 273 g/mol. The standard InChI is InChI=1S/C10H15N3O4S/c11-10-5-9(1-2-12-10)18(14,15)13-6-8-7-16-3-4-17-8/h1-2,5,8,13H,3-4,6-7H2,(H2,11,12). The Bertz CT molecular complexity index is 500. The maximum absolute atomic E-state index is 11.9. The van der Waals surface area contributed by atoms with Crippen molar-refractivity contribution in [2.75, 3.05) is 32.1 Å². The van der Waals surface area contributed by atoms with Crippen LogP contribution in [0.2, 0.25) is 0 Å². The van der Waals surface area contributed by atoms with Crippen LogP contribution >= 0.6 is 0 Å².